The van der Waals surface area contributed by atoms with Gasteiger partial charge in [0.25, 0.3) is 0 Å². The van der Waals surface area contributed by atoms with Crippen LogP contribution in [-0.2, 0) is 14.8 Å². The van der Waals surface area contributed by atoms with E-state index in [-0.39, 0.29) is 9.92 Å². The molecule has 0 aliphatic heterocycles. The van der Waals surface area contributed by atoms with E-state index in [0.717, 1.165) is 0 Å². The number of aliphatic carboxylic acids is 1. The Kier molecular flexibility index (Phi) is 4.19. The summed E-state index contributed by atoms with van der Waals surface area (Å²) in [5.41, 5.74) is 0. The van der Waals surface area contributed by atoms with Gasteiger partial charge in [-0.15, -0.1) is 0 Å². The minimum absolute atomic E-state index is 0.00217. The lowest BCUT2D eigenvalue weighted by Gasteiger charge is -2.08. The molecule has 8 heteroatoms. The van der Waals surface area contributed by atoms with Crippen LogP contribution in [0.3, 0.4) is 0 Å². The van der Waals surface area contributed by atoms with E-state index in [2.05, 4.69) is 0 Å². The molecule has 0 aromatic heterocycles. The number of fused-ring (bicyclic) bond motifs is 1. The first kappa shape index (κ1) is 15.1. The summed E-state index contributed by atoms with van der Waals surface area (Å²) in [5.74, 6) is -1.28. The first-order valence-electron chi connectivity index (χ1n) is 5.40. The fourth-order valence-corrected chi connectivity index (χ4v) is 3.38. The van der Waals surface area contributed by atoms with E-state index in [1.54, 1.807) is 18.2 Å². The quantitative estimate of drug-likeness (QED) is 0.900. The van der Waals surface area contributed by atoms with Gasteiger partial charge in [0, 0.05) is 5.02 Å². The van der Waals surface area contributed by atoms with E-state index in [1.807, 2.05) is 4.72 Å². The Morgan fingerprint density at radius 3 is 2.50 bits per heavy atom. The maximum absolute atomic E-state index is 12.0. The minimum Gasteiger partial charge on any atom is -0.480 e. The van der Waals surface area contributed by atoms with Crippen molar-refractivity contribution in [2.45, 2.75) is 4.90 Å². The number of carboxylic acids is 1. The van der Waals surface area contributed by atoms with Gasteiger partial charge >= 0.3 is 5.97 Å². The van der Waals surface area contributed by atoms with E-state index in [1.165, 1.54) is 12.1 Å². The second-order valence-electron chi connectivity index (χ2n) is 3.99. The molecule has 0 saturated heterocycles. The lowest BCUT2D eigenvalue weighted by atomic mass is 10.1. The Morgan fingerprint density at radius 2 is 1.85 bits per heavy atom. The van der Waals surface area contributed by atoms with Gasteiger partial charge < -0.3 is 5.11 Å². The molecule has 0 spiro atoms. The summed E-state index contributed by atoms with van der Waals surface area (Å²) in [6.07, 6.45) is 0. The third-order valence-corrected chi connectivity index (χ3v) is 4.66. The smallest absolute Gasteiger partial charge is 0.318 e. The van der Waals surface area contributed by atoms with Crippen LogP contribution in [0.25, 0.3) is 10.8 Å². The van der Waals surface area contributed by atoms with Crippen LogP contribution < -0.4 is 4.72 Å². The van der Waals surface area contributed by atoms with Crippen molar-refractivity contribution >= 4 is 50.0 Å². The highest BCUT2D eigenvalue weighted by Gasteiger charge is 2.19. The van der Waals surface area contributed by atoms with Crippen LogP contribution in [0.1, 0.15) is 0 Å². The van der Waals surface area contributed by atoms with Gasteiger partial charge in [-0.3, -0.25) is 4.79 Å². The Bertz CT molecular complexity index is 789. The lowest BCUT2D eigenvalue weighted by molar-refractivity contribution is -0.135. The number of benzene rings is 2. The van der Waals surface area contributed by atoms with Crippen molar-refractivity contribution in [1.29, 1.82) is 0 Å². The van der Waals surface area contributed by atoms with Crippen LogP contribution in [0.4, 0.5) is 0 Å². The Hall–Kier alpha value is -1.34. The lowest BCUT2D eigenvalue weighted by Crippen LogP contribution is -2.29. The standard InChI is InChI=1S/C12H9Cl2NO4S/c13-9-2-1-7-5-11(10(14)4-8(7)3-9)20(18,19)15-6-12(16)17/h1-5,15H,6H2,(H,16,17). The number of carboxylic acid groups (broad SMARTS) is 1. The summed E-state index contributed by atoms with van der Waals surface area (Å²) in [6.45, 7) is -0.711. The van der Waals surface area contributed by atoms with E-state index in [0.29, 0.717) is 15.8 Å². The molecule has 0 aliphatic rings. The average Bonchev–Trinajstić information content (AvgIpc) is 2.35. The second kappa shape index (κ2) is 5.57. The van der Waals surface area contributed by atoms with Crippen LogP contribution >= 0.6 is 23.2 Å². The first-order chi connectivity index (χ1) is 9.29. The van der Waals surface area contributed by atoms with E-state index in [9.17, 15) is 13.2 Å². The van der Waals surface area contributed by atoms with Gasteiger partial charge in [-0.25, -0.2) is 8.42 Å². The second-order valence-corrected chi connectivity index (χ2v) is 6.57. The molecule has 2 N–H and O–H groups in total. The van der Waals surface area contributed by atoms with Crippen molar-refractivity contribution in [2.24, 2.45) is 0 Å². The maximum atomic E-state index is 12.0. The molecule has 106 valence electrons. The summed E-state index contributed by atoms with van der Waals surface area (Å²) in [7, 11) is -3.98. The van der Waals surface area contributed by atoms with Gasteiger partial charge in [-0.05, 0) is 35.0 Å². The van der Waals surface area contributed by atoms with Gasteiger partial charge in [-0.1, -0.05) is 29.3 Å². The molecule has 0 aliphatic carbocycles. The molecule has 0 amide bonds. The molecule has 0 unspecified atom stereocenters. The van der Waals surface area contributed by atoms with Crippen molar-refractivity contribution in [3.8, 4) is 0 Å². The normalized spacial score (nSPS) is 11.7. The molecule has 2 rings (SSSR count). The molecule has 0 radical (unpaired) electrons. The molecule has 0 saturated carbocycles. The van der Waals surface area contributed by atoms with Gasteiger partial charge in [0.15, 0.2) is 0 Å². The topological polar surface area (TPSA) is 83.5 Å². The number of sulfonamides is 1. The summed E-state index contributed by atoms with van der Waals surface area (Å²) >= 11 is 11.8. The van der Waals surface area contributed by atoms with Crippen molar-refractivity contribution in [3.63, 3.8) is 0 Å². The minimum atomic E-state index is -3.98. The third-order valence-electron chi connectivity index (χ3n) is 2.56. The number of nitrogens with one attached hydrogen (secondary N) is 1. The average molecular weight is 334 g/mol. The van der Waals surface area contributed by atoms with Crippen LogP contribution in [-0.4, -0.2) is 26.0 Å². The summed E-state index contributed by atoms with van der Waals surface area (Å²) in [5, 5.41) is 10.4. The highest BCUT2D eigenvalue weighted by molar-refractivity contribution is 7.89. The molecule has 2 aromatic rings. The van der Waals surface area contributed by atoms with Crippen molar-refractivity contribution in [1.82, 2.24) is 4.72 Å². The fraction of sp³-hybridized carbons (Fsp3) is 0.0833. The van der Waals surface area contributed by atoms with Crippen LogP contribution in [0.15, 0.2) is 35.2 Å². The van der Waals surface area contributed by atoms with Crippen molar-refractivity contribution in [2.75, 3.05) is 6.54 Å². The van der Waals surface area contributed by atoms with Crippen LogP contribution in [0, 0.1) is 0 Å². The largest absolute Gasteiger partial charge is 0.480 e. The zero-order chi connectivity index (χ0) is 14.9. The summed E-state index contributed by atoms with van der Waals surface area (Å²) in [4.78, 5) is 10.3. The SMILES string of the molecule is O=C(O)CNS(=O)(=O)c1cc2ccc(Cl)cc2cc1Cl. The zero-order valence-electron chi connectivity index (χ0n) is 9.93. The Labute approximate surface area is 125 Å². The molecule has 0 heterocycles. The zero-order valence-corrected chi connectivity index (χ0v) is 12.3. The maximum Gasteiger partial charge on any atom is 0.318 e. The highest BCUT2D eigenvalue weighted by Crippen LogP contribution is 2.29. The van der Waals surface area contributed by atoms with Gasteiger partial charge in [-0.2, -0.15) is 4.72 Å². The molecule has 0 atom stereocenters. The molecule has 0 bridgehead atoms. The molecule has 0 fully saturated rings. The van der Waals surface area contributed by atoms with Crippen molar-refractivity contribution < 1.29 is 18.3 Å². The molecule has 20 heavy (non-hydrogen) atoms. The fourth-order valence-electron chi connectivity index (χ4n) is 1.66. The van der Waals surface area contributed by atoms with Crippen molar-refractivity contribution in [3.05, 3.63) is 40.4 Å². The predicted octanol–water partition coefficient (Wildman–Crippen LogP) is 2.51. The van der Waals surface area contributed by atoms with Gasteiger partial charge in [0.05, 0.1) is 5.02 Å². The van der Waals surface area contributed by atoms with E-state index < -0.39 is 22.5 Å². The molecular formula is C12H9Cl2NO4S. The molecule has 2 aromatic carbocycles. The summed E-state index contributed by atoms with van der Waals surface area (Å²) in [6, 6.07) is 7.78. The molecule has 5 nitrogen and oxygen atoms in total. The number of hydrogen-bond acceptors (Lipinski definition) is 3. The first-order valence-corrected chi connectivity index (χ1v) is 7.64. The van der Waals surface area contributed by atoms with E-state index >= 15 is 0 Å². The molecular weight excluding hydrogens is 325 g/mol. The Balaban J connectivity index is 2.52. The Morgan fingerprint density at radius 1 is 1.15 bits per heavy atom. The number of hydrogen-bond donors (Lipinski definition) is 2. The monoisotopic (exact) mass is 333 g/mol. The number of rotatable bonds is 4. The van der Waals surface area contributed by atoms with E-state index in [4.69, 9.17) is 28.3 Å². The highest BCUT2D eigenvalue weighted by atomic mass is 35.5. The summed E-state index contributed by atoms with van der Waals surface area (Å²) < 4.78 is 25.9. The van der Waals surface area contributed by atoms with Gasteiger partial charge in [0.2, 0.25) is 10.0 Å². The van der Waals surface area contributed by atoms with Crippen LogP contribution in [0.5, 0.6) is 0 Å². The van der Waals surface area contributed by atoms with Gasteiger partial charge in [0.1, 0.15) is 11.4 Å². The number of halogens is 2. The third kappa shape index (κ3) is 3.21. The van der Waals surface area contributed by atoms with Crippen LogP contribution in [0.2, 0.25) is 10.0 Å². The number of carbonyl (C=O) groups is 1. The predicted molar refractivity (Wildman–Crippen MR) is 76.8 cm³/mol.